The first-order valence-corrected chi connectivity index (χ1v) is 5.38. The number of piperidine rings is 2. The Morgan fingerprint density at radius 3 is 2.38 bits per heavy atom. The quantitative estimate of drug-likeness (QED) is 0.508. The summed E-state index contributed by atoms with van der Waals surface area (Å²) in [5, 5.41) is 0. The minimum atomic E-state index is 0.569. The van der Waals surface area contributed by atoms with Crippen LogP contribution < -0.4 is 0 Å². The summed E-state index contributed by atoms with van der Waals surface area (Å²) < 4.78 is 0. The number of hydrogen-bond donors (Lipinski definition) is 0. The molecule has 2 aliphatic rings. The third-order valence-corrected chi connectivity index (χ3v) is 3.74. The van der Waals surface area contributed by atoms with E-state index >= 15 is 0 Å². The van der Waals surface area contributed by atoms with Crippen molar-refractivity contribution in [3.8, 4) is 0 Å². The average molecular weight is 178 g/mol. The van der Waals surface area contributed by atoms with Gasteiger partial charge in [-0.3, -0.25) is 0 Å². The van der Waals surface area contributed by atoms with Gasteiger partial charge in [0.25, 0.3) is 0 Å². The largest absolute Gasteiger partial charge is 0.353 e. The number of hydrogen-bond acceptors (Lipinski definition) is 2. The lowest BCUT2D eigenvalue weighted by molar-refractivity contribution is 0.0637. The molecule has 0 atom stereocenters. The summed E-state index contributed by atoms with van der Waals surface area (Å²) in [4.78, 5) is 4.45. The molecule has 0 aromatic heterocycles. The predicted octanol–water partition coefficient (Wildman–Crippen LogP) is 0.878. The molecule has 0 aliphatic carbocycles. The summed E-state index contributed by atoms with van der Waals surface area (Å²) in [5.74, 6) is 0. The lowest BCUT2D eigenvalue weighted by Gasteiger charge is -2.46. The zero-order valence-electron chi connectivity index (χ0n) is 8.63. The summed E-state index contributed by atoms with van der Waals surface area (Å²) in [6.07, 6.45) is 5.38. The van der Waals surface area contributed by atoms with E-state index in [1.807, 2.05) is 4.81 Å². The second-order valence-electron chi connectivity index (χ2n) is 4.88. The van der Waals surface area contributed by atoms with Crippen LogP contribution in [-0.4, -0.2) is 50.9 Å². The van der Waals surface area contributed by atoms with E-state index < -0.39 is 0 Å². The SMILES string of the molecule is [B]N1CCCC2(CCN(C)CC2)C1. The molecule has 2 fully saturated rings. The first-order chi connectivity index (χ1) is 6.20. The minimum absolute atomic E-state index is 0.569. The molecule has 2 nitrogen and oxygen atoms in total. The van der Waals surface area contributed by atoms with Gasteiger partial charge in [-0.25, -0.2) is 0 Å². The molecule has 1 spiro atoms. The van der Waals surface area contributed by atoms with Crippen molar-refractivity contribution in [1.82, 2.24) is 9.71 Å². The topological polar surface area (TPSA) is 6.48 Å². The number of rotatable bonds is 0. The van der Waals surface area contributed by atoms with Crippen molar-refractivity contribution in [1.29, 1.82) is 0 Å². The van der Waals surface area contributed by atoms with Crippen LogP contribution in [-0.2, 0) is 0 Å². The Bertz CT molecular complexity index is 176. The Kier molecular flexibility index (Phi) is 2.66. The van der Waals surface area contributed by atoms with E-state index in [2.05, 4.69) is 11.9 Å². The molecular formula is C10H19BN2. The molecule has 0 unspecified atom stereocenters. The first kappa shape index (κ1) is 9.54. The van der Waals surface area contributed by atoms with Gasteiger partial charge in [0, 0.05) is 0 Å². The Balaban J connectivity index is 1.95. The van der Waals surface area contributed by atoms with E-state index in [0.717, 1.165) is 13.1 Å². The maximum Gasteiger partial charge on any atom is 0.182 e. The highest BCUT2D eigenvalue weighted by Gasteiger charge is 2.36. The van der Waals surface area contributed by atoms with E-state index in [-0.39, 0.29) is 0 Å². The van der Waals surface area contributed by atoms with Gasteiger partial charge in [0.1, 0.15) is 0 Å². The summed E-state index contributed by atoms with van der Waals surface area (Å²) in [7, 11) is 8.11. The van der Waals surface area contributed by atoms with E-state index in [1.165, 1.54) is 38.8 Å². The van der Waals surface area contributed by atoms with E-state index in [1.54, 1.807) is 0 Å². The first-order valence-electron chi connectivity index (χ1n) is 5.38. The fourth-order valence-electron chi connectivity index (χ4n) is 2.75. The molecule has 13 heavy (non-hydrogen) atoms. The summed E-state index contributed by atoms with van der Waals surface area (Å²) in [6.45, 7) is 4.74. The monoisotopic (exact) mass is 178 g/mol. The van der Waals surface area contributed by atoms with Crippen LogP contribution in [0.2, 0.25) is 0 Å². The highest BCUT2D eigenvalue weighted by molar-refractivity contribution is 6.04. The van der Waals surface area contributed by atoms with Crippen molar-refractivity contribution in [2.24, 2.45) is 5.41 Å². The van der Waals surface area contributed by atoms with E-state index in [0.29, 0.717) is 5.41 Å². The molecule has 72 valence electrons. The molecule has 3 heteroatoms. The number of nitrogens with zero attached hydrogens (tertiary/aromatic N) is 2. The van der Waals surface area contributed by atoms with Gasteiger partial charge in [0.05, 0.1) is 0 Å². The maximum absolute atomic E-state index is 5.89. The second-order valence-corrected chi connectivity index (χ2v) is 4.88. The van der Waals surface area contributed by atoms with Crippen LogP contribution >= 0.6 is 0 Å². The van der Waals surface area contributed by atoms with Gasteiger partial charge in [-0.15, -0.1) is 0 Å². The van der Waals surface area contributed by atoms with Crippen molar-refractivity contribution >= 4 is 7.98 Å². The fourth-order valence-corrected chi connectivity index (χ4v) is 2.75. The van der Waals surface area contributed by atoms with Crippen LogP contribution in [0.5, 0.6) is 0 Å². The van der Waals surface area contributed by atoms with Crippen molar-refractivity contribution in [3.05, 3.63) is 0 Å². The van der Waals surface area contributed by atoms with Gasteiger partial charge in [0.15, 0.2) is 7.98 Å². The van der Waals surface area contributed by atoms with Gasteiger partial charge in [-0.05, 0) is 64.3 Å². The van der Waals surface area contributed by atoms with Gasteiger partial charge < -0.3 is 9.71 Å². The lowest BCUT2D eigenvalue weighted by atomic mass is 9.72. The molecule has 2 heterocycles. The van der Waals surface area contributed by atoms with Crippen LogP contribution in [0.4, 0.5) is 0 Å². The normalized spacial score (nSPS) is 30.8. The zero-order chi connectivity index (χ0) is 9.31. The third kappa shape index (κ3) is 2.08. The summed E-state index contributed by atoms with van der Waals surface area (Å²) >= 11 is 0. The Hall–Kier alpha value is -0.0151. The van der Waals surface area contributed by atoms with Crippen molar-refractivity contribution in [2.45, 2.75) is 25.7 Å². The fraction of sp³-hybridized carbons (Fsp3) is 1.00. The number of likely N-dealkylation sites (tertiary alicyclic amines) is 1. The highest BCUT2D eigenvalue weighted by atomic mass is 15.1. The van der Waals surface area contributed by atoms with Crippen LogP contribution in [0.25, 0.3) is 0 Å². The standard InChI is InChI=1S/C10H19BN2/c1-12-7-4-10(5-8-12)3-2-6-13(11)9-10/h2-9H2,1H3. The molecule has 0 saturated carbocycles. The van der Waals surface area contributed by atoms with Gasteiger partial charge in [0.2, 0.25) is 0 Å². The highest BCUT2D eigenvalue weighted by Crippen LogP contribution is 2.38. The molecule has 2 saturated heterocycles. The predicted molar refractivity (Wildman–Crippen MR) is 55.7 cm³/mol. The molecular weight excluding hydrogens is 159 g/mol. The van der Waals surface area contributed by atoms with E-state index in [9.17, 15) is 0 Å². The Morgan fingerprint density at radius 1 is 1.08 bits per heavy atom. The van der Waals surface area contributed by atoms with Crippen LogP contribution in [0, 0.1) is 5.41 Å². The van der Waals surface area contributed by atoms with Gasteiger partial charge in [-0.2, -0.15) is 0 Å². The minimum Gasteiger partial charge on any atom is -0.353 e. The maximum atomic E-state index is 5.89. The van der Waals surface area contributed by atoms with Crippen LogP contribution in [0.15, 0.2) is 0 Å². The van der Waals surface area contributed by atoms with Gasteiger partial charge >= 0.3 is 0 Å². The molecule has 0 aromatic carbocycles. The Labute approximate surface area is 82.7 Å². The molecule has 2 aliphatic heterocycles. The molecule has 2 radical (unpaired) electrons. The van der Waals surface area contributed by atoms with Crippen molar-refractivity contribution < 1.29 is 0 Å². The van der Waals surface area contributed by atoms with E-state index in [4.69, 9.17) is 7.98 Å². The third-order valence-electron chi connectivity index (χ3n) is 3.74. The smallest absolute Gasteiger partial charge is 0.182 e. The van der Waals surface area contributed by atoms with Crippen molar-refractivity contribution in [3.63, 3.8) is 0 Å². The summed E-state index contributed by atoms with van der Waals surface area (Å²) in [6, 6.07) is 0. The van der Waals surface area contributed by atoms with Crippen molar-refractivity contribution in [2.75, 3.05) is 33.2 Å². The van der Waals surface area contributed by atoms with Gasteiger partial charge in [-0.1, -0.05) is 0 Å². The lowest BCUT2D eigenvalue weighted by Crippen LogP contribution is -2.48. The van der Waals surface area contributed by atoms with Crippen LogP contribution in [0.3, 0.4) is 0 Å². The Morgan fingerprint density at radius 2 is 1.77 bits per heavy atom. The molecule has 2 rings (SSSR count). The molecule has 0 amide bonds. The summed E-state index contributed by atoms with van der Waals surface area (Å²) in [5.41, 5.74) is 0.569. The van der Waals surface area contributed by atoms with Crippen LogP contribution in [0.1, 0.15) is 25.7 Å². The molecule has 0 aromatic rings. The second kappa shape index (κ2) is 3.62. The zero-order valence-corrected chi connectivity index (χ0v) is 8.63. The average Bonchev–Trinajstić information content (AvgIpc) is 2.11. The molecule has 0 bridgehead atoms. The molecule has 0 N–H and O–H groups in total.